The Bertz CT molecular complexity index is 927. The highest BCUT2D eigenvalue weighted by molar-refractivity contribution is 5.90. The van der Waals surface area contributed by atoms with Gasteiger partial charge < -0.3 is 14.5 Å². The van der Waals surface area contributed by atoms with Crippen molar-refractivity contribution in [3.05, 3.63) is 65.7 Å². The Labute approximate surface area is 168 Å². The maximum Gasteiger partial charge on any atom is 0.206 e. The van der Waals surface area contributed by atoms with E-state index < -0.39 is 5.66 Å². The molecule has 2 aliphatic rings. The van der Waals surface area contributed by atoms with E-state index in [0.29, 0.717) is 13.2 Å². The van der Waals surface area contributed by atoms with Crippen LogP contribution in [0.3, 0.4) is 0 Å². The number of para-hydroxylation sites is 1. The van der Waals surface area contributed by atoms with Crippen molar-refractivity contribution in [3.63, 3.8) is 0 Å². The summed E-state index contributed by atoms with van der Waals surface area (Å²) in [5.41, 5.74) is 4.32. The minimum atomic E-state index is -0.471. The molecule has 0 amide bonds. The number of rotatable bonds is 4. The quantitative estimate of drug-likeness (QED) is 0.775. The molecule has 0 radical (unpaired) electrons. The van der Waals surface area contributed by atoms with Crippen molar-refractivity contribution >= 4 is 23.3 Å². The summed E-state index contributed by atoms with van der Waals surface area (Å²) in [5, 5.41) is 0. The van der Waals surface area contributed by atoms with E-state index in [1.807, 2.05) is 6.92 Å². The van der Waals surface area contributed by atoms with Gasteiger partial charge in [0.05, 0.1) is 13.2 Å². The fourth-order valence-electron chi connectivity index (χ4n) is 4.40. The molecular formula is C24H29N3O. The van der Waals surface area contributed by atoms with Crippen LogP contribution in [0.15, 0.2) is 59.6 Å². The molecule has 2 aromatic rings. The molecular weight excluding hydrogens is 346 g/mol. The van der Waals surface area contributed by atoms with Crippen LogP contribution in [0.1, 0.15) is 31.9 Å². The van der Waals surface area contributed by atoms with Gasteiger partial charge >= 0.3 is 0 Å². The Kier molecular flexibility index (Phi) is 4.45. The Morgan fingerprint density at radius 3 is 2.50 bits per heavy atom. The Morgan fingerprint density at radius 2 is 1.82 bits per heavy atom. The van der Waals surface area contributed by atoms with Crippen molar-refractivity contribution in [2.45, 2.75) is 31.8 Å². The van der Waals surface area contributed by atoms with Crippen LogP contribution in [0, 0.1) is 0 Å². The molecule has 28 heavy (non-hydrogen) atoms. The van der Waals surface area contributed by atoms with Gasteiger partial charge in [0.2, 0.25) is 5.90 Å². The molecule has 0 saturated carbocycles. The number of benzene rings is 2. The van der Waals surface area contributed by atoms with Gasteiger partial charge in [0.25, 0.3) is 0 Å². The first-order chi connectivity index (χ1) is 13.4. The smallest absolute Gasteiger partial charge is 0.206 e. The number of hydrogen-bond acceptors (Lipinski definition) is 4. The molecule has 2 heterocycles. The average Bonchev–Trinajstić information content (AvgIpc) is 3.14. The van der Waals surface area contributed by atoms with E-state index in [1.54, 1.807) is 0 Å². The van der Waals surface area contributed by atoms with Gasteiger partial charge in [0, 0.05) is 30.9 Å². The normalized spacial score (nSPS) is 22.2. The van der Waals surface area contributed by atoms with Gasteiger partial charge in [-0.2, -0.15) is 0 Å². The standard InChI is InChI=1S/C24H29N3O/c1-6-28-22-17-27-21-10-8-7-9-20(21)23(2,3)24(27,25-22)16-15-18-11-13-19(14-12-18)26(4)5/h7-16H,6,17H2,1-5H3/b16-15+. The van der Waals surface area contributed by atoms with E-state index in [-0.39, 0.29) is 5.41 Å². The van der Waals surface area contributed by atoms with Gasteiger partial charge in [0.1, 0.15) is 0 Å². The minimum absolute atomic E-state index is 0.164. The van der Waals surface area contributed by atoms with E-state index in [4.69, 9.17) is 9.73 Å². The third kappa shape index (κ3) is 2.70. The van der Waals surface area contributed by atoms with E-state index >= 15 is 0 Å². The molecule has 4 rings (SSSR count). The van der Waals surface area contributed by atoms with Gasteiger partial charge in [-0.05, 0) is 42.3 Å². The second-order valence-corrected chi connectivity index (χ2v) is 8.21. The number of anilines is 2. The fourth-order valence-corrected chi connectivity index (χ4v) is 4.40. The van der Waals surface area contributed by atoms with Crippen molar-refractivity contribution in [1.29, 1.82) is 0 Å². The summed E-state index contributed by atoms with van der Waals surface area (Å²) in [6.07, 6.45) is 4.45. The van der Waals surface area contributed by atoms with Gasteiger partial charge in [-0.25, -0.2) is 4.99 Å². The summed E-state index contributed by atoms with van der Waals surface area (Å²) in [7, 11) is 4.12. The Hall–Kier alpha value is -2.75. The van der Waals surface area contributed by atoms with E-state index in [2.05, 4.69) is 98.4 Å². The maximum atomic E-state index is 5.84. The summed E-state index contributed by atoms with van der Waals surface area (Å²) in [6, 6.07) is 17.3. The zero-order valence-corrected chi connectivity index (χ0v) is 17.4. The second kappa shape index (κ2) is 6.69. The number of fused-ring (bicyclic) bond motifs is 3. The van der Waals surface area contributed by atoms with Crippen molar-refractivity contribution in [2.75, 3.05) is 37.0 Å². The predicted octanol–water partition coefficient (Wildman–Crippen LogP) is 4.71. The molecule has 2 aliphatic heterocycles. The summed E-state index contributed by atoms with van der Waals surface area (Å²) >= 11 is 0. The number of ether oxygens (including phenoxy) is 1. The summed E-state index contributed by atoms with van der Waals surface area (Å²) in [5.74, 6) is 0.817. The average molecular weight is 376 g/mol. The molecule has 1 atom stereocenters. The lowest BCUT2D eigenvalue weighted by Gasteiger charge is -2.38. The summed E-state index contributed by atoms with van der Waals surface area (Å²) in [6.45, 7) is 7.92. The molecule has 4 heteroatoms. The predicted molar refractivity (Wildman–Crippen MR) is 118 cm³/mol. The van der Waals surface area contributed by atoms with E-state index in [9.17, 15) is 0 Å². The molecule has 146 valence electrons. The highest BCUT2D eigenvalue weighted by atomic mass is 16.5. The lowest BCUT2D eigenvalue weighted by Crippen LogP contribution is -2.50. The van der Waals surface area contributed by atoms with Gasteiger partial charge in [-0.3, -0.25) is 0 Å². The van der Waals surface area contributed by atoms with Crippen LogP contribution in [0.25, 0.3) is 6.08 Å². The first-order valence-electron chi connectivity index (χ1n) is 9.94. The lowest BCUT2D eigenvalue weighted by atomic mass is 9.75. The van der Waals surface area contributed by atoms with Crippen LogP contribution in [0.2, 0.25) is 0 Å². The first-order valence-corrected chi connectivity index (χ1v) is 9.94. The monoisotopic (exact) mass is 375 g/mol. The minimum Gasteiger partial charge on any atom is -0.480 e. The zero-order valence-electron chi connectivity index (χ0n) is 17.4. The third-order valence-corrected chi connectivity index (χ3v) is 6.02. The molecule has 0 aliphatic carbocycles. The fraction of sp³-hybridized carbons (Fsp3) is 0.375. The Morgan fingerprint density at radius 1 is 1.11 bits per heavy atom. The topological polar surface area (TPSA) is 28.1 Å². The Balaban J connectivity index is 1.76. The molecule has 0 saturated heterocycles. The SMILES string of the molecule is CCOC1=NC2(/C=C/c3ccc(N(C)C)cc3)N(C1)c1ccccc1C2(C)C. The number of nitrogens with zero attached hydrogens (tertiary/aromatic N) is 3. The number of hydrogen-bond donors (Lipinski definition) is 0. The van der Waals surface area contributed by atoms with Crippen LogP contribution >= 0.6 is 0 Å². The van der Waals surface area contributed by atoms with E-state index in [1.165, 1.54) is 22.5 Å². The van der Waals surface area contributed by atoms with Gasteiger partial charge in [0.15, 0.2) is 5.66 Å². The molecule has 0 aromatic heterocycles. The zero-order chi connectivity index (χ0) is 19.9. The highest BCUT2D eigenvalue weighted by Crippen LogP contribution is 2.55. The van der Waals surface area contributed by atoms with Crippen molar-refractivity contribution in [1.82, 2.24) is 0 Å². The first kappa shape index (κ1) is 18.6. The summed E-state index contributed by atoms with van der Waals surface area (Å²) < 4.78 is 5.84. The largest absolute Gasteiger partial charge is 0.480 e. The van der Waals surface area contributed by atoms with Crippen LogP contribution in [-0.4, -0.2) is 38.8 Å². The summed E-state index contributed by atoms with van der Waals surface area (Å²) in [4.78, 5) is 9.62. The van der Waals surface area contributed by atoms with Crippen LogP contribution < -0.4 is 9.80 Å². The molecule has 0 fully saturated rings. The highest BCUT2D eigenvalue weighted by Gasteiger charge is 2.58. The second-order valence-electron chi connectivity index (χ2n) is 8.21. The van der Waals surface area contributed by atoms with E-state index in [0.717, 1.165) is 5.90 Å². The van der Waals surface area contributed by atoms with Gasteiger partial charge in [-0.15, -0.1) is 0 Å². The van der Waals surface area contributed by atoms with Crippen molar-refractivity contribution in [2.24, 2.45) is 4.99 Å². The lowest BCUT2D eigenvalue weighted by molar-refractivity contribution is 0.318. The van der Waals surface area contributed by atoms with Crippen molar-refractivity contribution < 1.29 is 4.74 Å². The molecule has 1 unspecified atom stereocenters. The number of aliphatic imine (C=N–C) groups is 1. The molecule has 2 aromatic carbocycles. The molecule has 0 spiro atoms. The molecule has 0 bridgehead atoms. The third-order valence-electron chi connectivity index (χ3n) is 6.02. The maximum absolute atomic E-state index is 5.84. The molecule has 4 nitrogen and oxygen atoms in total. The van der Waals surface area contributed by atoms with Crippen LogP contribution in [0.4, 0.5) is 11.4 Å². The van der Waals surface area contributed by atoms with Gasteiger partial charge in [-0.1, -0.05) is 50.3 Å². The molecule has 0 N–H and O–H groups in total. The van der Waals surface area contributed by atoms with Crippen molar-refractivity contribution in [3.8, 4) is 0 Å². The van der Waals surface area contributed by atoms with Crippen LogP contribution in [-0.2, 0) is 10.2 Å². The van der Waals surface area contributed by atoms with Crippen LogP contribution in [0.5, 0.6) is 0 Å².